The molecule has 3 nitrogen and oxygen atoms in total. The summed E-state index contributed by atoms with van der Waals surface area (Å²) in [6.45, 7) is 0. The molecule has 270 valence electrons. The van der Waals surface area contributed by atoms with Crippen LogP contribution in [0.25, 0.3) is 111 Å². The zero-order valence-electron chi connectivity index (χ0n) is 31.5. The average Bonchev–Trinajstić information content (AvgIpc) is 3.31. The van der Waals surface area contributed by atoms with E-state index >= 15 is 0 Å². The van der Waals surface area contributed by atoms with Gasteiger partial charge < -0.3 is 0 Å². The van der Waals surface area contributed by atoms with Crippen molar-refractivity contribution in [1.82, 2.24) is 15.0 Å². The van der Waals surface area contributed by atoms with Crippen molar-refractivity contribution in [3.05, 3.63) is 212 Å². The Hall–Kier alpha value is -7.75. The zero-order chi connectivity index (χ0) is 38.4. The van der Waals surface area contributed by atoms with Crippen molar-refractivity contribution in [3.63, 3.8) is 0 Å². The first kappa shape index (κ1) is 33.6. The second kappa shape index (κ2) is 14.1. The lowest BCUT2D eigenvalue weighted by Gasteiger charge is -2.17. The maximum atomic E-state index is 5.06. The third-order valence-electron chi connectivity index (χ3n) is 11.3. The molecular formula is C55H35N3. The van der Waals surface area contributed by atoms with Crippen molar-refractivity contribution in [3.8, 4) is 67.5 Å². The van der Waals surface area contributed by atoms with Gasteiger partial charge in [0.25, 0.3) is 0 Å². The van der Waals surface area contributed by atoms with E-state index in [9.17, 15) is 0 Å². The fourth-order valence-corrected chi connectivity index (χ4v) is 8.48. The van der Waals surface area contributed by atoms with Crippen molar-refractivity contribution in [1.29, 1.82) is 0 Å². The summed E-state index contributed by atoms with van der Waals surface area (Å²) in [4.78, 5) is 15.1. The van der Waals surface area contributed by atoms with Gasteiger partial charge in [-0.05, 0) is 82.5 Å². The smallest absolute Gasteiger partial charge is 0.164 e. The van der Waals surface area contributed by atoms with Gasteiger partial charge in [-0.25, -0.2) is 15.0 Å². The molecule has 58 heavy (non-hydrogen) atoms. The Labute approximate surface area is 336 Å². The molecule has 0 aliphatic carbocycles. The van der Waals surface area contributed by atoms with Gasteiger partial charge in [0.2, 0.25) is 0 Å². The van der Waals surface area contributed by atoms with Crippen LogP contribution in [-0.2, 0) is 0 Å². The lowest BCUT2D eigenvalue weighted by molar-refractivity contribution is 1.07. The molecule has 3 heteroatoms. The molecule has 11 rings (SSSR count). The molecule has 0 radical (unpaired) electrons. The Morgan fingerprint density at radius 1 is 0.224 bits per heavy atom. The predicted molar refractivity (Wildman–Crippen MR) is 242 cm³/mol. The number of benzene rings is 10. The van der Waals surface area contributed by atoms with Gasteiger partial charge in [-0.15, -0.1) is 0 Å². The highest BCUT2D eigenvalue weighted by atomic mass is 15.0. The van der Waals surface area contributed by atoms with Gasteiger partial charge >= 0.3 is 0 Å². The summed E-state index contributed by atoms with van der Waals surface area (Å²) in [5.41, 5.74) is 9.85. The van der Waals surface area contributed by atoms with Crippen LogP contribution in [0.1, 0.15) is 0 Å². The summed E-state index contributed by atoms with van der Waals surface area (Å²) in [6, 6.07) is 75.4. The third kappa shape index (κ3) is 5.89. The Balaban J connectivity index is 1.03. The molecule has 11 aromatic rings. The molecule has 0 bridgehead atoms. The highest BCUT2D eigenvalue weighted by Crippen LogP contribution is 2.42. The van der Waals surface area contributed by atoms with Gasteiger partial charge in [0.05, 0.1) is 0 Å². The first-order valence-corrected chi connectivity index (χ1v) is 19.7. The van der Waals surface area contributed by atoms with Crippen molar-refractivity contribution in [2.24, 2.45) is 0 Å². The van der Waals surface area contributed by atoms with Crippen molar-refractivity contribution < 1.29 is 0 Å². The van der Waals surface area contributed by atoms with Gasteiger partial charge in [-0.1, -0.05) is 206 Å². The summed E-state index contributed by atoms with van der Waals surface area (Å²) in [5, 5.41) is 10.1. The number of hydrogen-bond donors (Lipinski definition) is 0. The van der Waals surface area contributed by atoms with Crippen molar-refractivity contribution in [2.45, 2.75) is 0 Å². The molecule has 0 saturated carbocycles. The van der Waals surface area contributed by atoms with Crippen LogP contribution in [0.5, 0.6) is 0 Å². The molecule has 1 aromatic heterocycles. The predicted octanol–water partition coefficient (Wildman–Crippen LogP) is 14.5. The van der Waals surface area contributed by atoms with E-state index in [2.05, 4.69) is 176 Å². The summed E-state index contributed by atoms with van der Waals surface area (Å²) >= 11 is 0. The normalized spacial score (nSPS) is 11.4. The summed E-state index contributed by atoms with van der Waals surface area (Å²) in [6.07, 6.45) is 0. The van der Waals surface area contributed by atoms with Crippen LogP contribution in [-0.4, -0.2) is 15.0 Å². The Morgan fingerprint density at radius 3 is 1.17 bits per heavy atom. The van der Waals surface area contributed by atoms with Crippen molar-refractivity contribution in [2.75, 3.05) is 0 Å². The van der Waals surface area contributed by atoms with Crippen LogP contribution in [0.2, 0.25) is 0 Å². The fraction of sp³-hybridized carbons (Fsp3) is 0. The molecule has 0 saturated heterocycles. The maximum Gasteiger partial charge on any atom is 0.164 e. The zero-order valence-corrected chi connectivity index (χ0v) is 31.5. The second-order valence-electron chi connectivity index (χ2n) is 14.8. The second-order valence-corrected chi connectivity index (χ2v) is 14.8. The standard InChI is InChI=1S/C55H35N3/c1-3-13-36(14-4-1)37-23-27-41(28-24-37)54-56-53(40-16-5-2-6-17-40)57-55(58-54)42-29-25-39(26-30-42)45-33-31-38-15-7-8-18-44(38)52(45)43-32-34-50-48-21-10-9-19-46(48)47-20-11-12-22-49(47)51(50)35-43/h1-35H. The van der Waals surface area contributed by atoms with Gasteiger partial charge in [-0.2, -0.15) is 0 Å². The molecule has 0 N–H and O–H groups in total. The molecule has 0 aliphatic rings. The molecule has 0 fully saturated rings. The third-order valence-corrected chi connectivity index (χ3v) is 11.3. The monoisotopic (exact) mass is 737 g/mol. The Kier molecular flexibility index (Phi) is 8.15. The molecular weight excluding hydrogens is 703 g/mol. The number of hydrogen-bond acceptors (Lipinski definition) is 3. The van der Waals surface area contributed by atoms with Crippen LogP contribution in [0, 0.1) is 0 Å². The Morgan fingerprint density at radius 2 is 0.603 bits per heavy atom. The van der Waals surface area contributed by atoms with E-state index < -0.39 is 0 Å². The summed E-state index contributed by atoms with van der Waals surface area (Å²) in [5.74, 6) is 1.92. The summed E-state index contributed by atoms with van der Waals surface area (Å²) < 4.78 is 0. The van der Waals surface area contributed by atoms with E-state index in [1.807, 2.05) is 36.4 Å². The van der Waals surface area contributed by atoms with Crippen LogP contribution < -0.4 is 0 Å². The van der Waals surface area contributed by atoms with E-state index in [-0.39, 0.29) is 0 Å². The van der Waals surface area contributed by atoms with E-state index in [0.29, 0.717) is 17.5 Å². The molecule has 10 aromatic carbocycles. The minimum atomic E-state index is 0.634. The van der Waals surface area contributed by atoms with Crippen LogP contribution in [0.4, 0.5) is 0 Å². The number of nitrogens with zero attached hydrogens (tertiary/aromatic N) is 3. The lowest BCUT2D eigenvalue weighted by atomic mass is 9.87. The summed E-state index contributed by atoms with van der Waals surface area (Å²) in [7, 11) is 0. The van der Waals surface area contributed by atoms with E-state index in [4.69, 9.17) is 15.0 Å². The first-order chi connectivity index (χ1) is 28.7. The minimum Gasteiger partial charge on any atom is -0.208 e. The SMILES string of the molecule is c1ccc(-c2ccc(-c3nc(-c4ccccc4)nc(-c4ccc(-c5ccc6ccccc6c5-c5ccc6c7ccccc7c7ccccc7c6c5)cc4)n3)cc2)cc1. The maximum absolute atomic E-state index is 5.06. The van der Waals surface area contributed by atoms with Crippen LogP contribution in [0.3, 0.4) is 0 Å². The van der Waals surface area contributed by atoms with Gasteiger partial charge in [0, 0.05) is 16.7 Å². The lowest BCUT2D eigenvalue weighted by Crippen LogP contribution is -2.00. The highest BCUT2D eigenvalue weighted by Gasteiger charge is 2.17. The van der Waals surface area contributed by atoms with Crippen LogP contribution >= 0.6 is 0 Å². The number of aromatic nitrogens is 3. The largest absolute Gasteiger partial charge is 0.208 e. The van der Waals surface area contributed by atoms with Gasteiger partial charge in [0.15, 0.2) is 17.5 Å². The van der Waals surface area contributed by atoms with E-state index in [1.54, 1.807) is 0 Å². The number of fused-ring (bicyclic) bond motifs is 7. The molecule has 0 amide bonds. The van der Waals surface area contributed by atoms with E-state index in [0.717, 1.165) is 27.8 Å². The number of rotatable bonds is 6. The Bertz CT molecular complexity index is 3270. The fourth-order valence-electron chi connectivity index (χ4n) is 8.48. The quantitative estimate of drug-likeness (QED) is 0.160. The molecule has 0 aliphatic heterocycles. The van der Waals surface area contributed by atoms with Crippen LogP contribution in [0.15, 0.2) is 212 Å². The first-order valence-electron chi connectivity index (χ1n) is 19.7. The molecule has 0 unspecified atom stereocenters. The average molecular weight is 738 g/mol. The minimum absolute atomic E-state index is 0.634. The van der Waals surface area contributed by atoms with E-state index in [1.165, 1.54) is 65.3 Å². The molecule has 1 heterocycles. The van der Waals surface area contributed by atoms with Crippen molar-refractivity contribution >= 4 is 43.1 Å². The molecule has 0 spiro atoms. The van der Waals surface area contributed by atoms with Gasteiger partial charge in [0.1, 0.15) is 0 Å². The topological polar surface area (TPSA) is 38.7 Å². The molecule has 0 atom stereocenters. The highest BCUT2D eigenvalue weighted by molar-refractivity contribution is 6.26. The van der Waals surface area contributed by atoms with Gasteiger partial charge in [-0.3, -0.25) is 0 Å².